The molecule has 7 nitrogen and oxygen atoms in total. The molecule has 0 bridgehead atoms. The van der Waals surface area contributed by atoms with Crippen LogP contribution in [0.1, 0.15) is 22.3 Å². The van der Waals surface area contributed by atoms with Gasteiger partial charge in [-0.15, -0.1) is 0 Å². The van der Waals surface area contributed by atoms with E-state index in [1.165, 1.54) is 16.2 Å². The second-order valence-corrected chi connectivity index (χ2v) is 8.14. The van der Waals surface area contributed by atoms with Crippen molar-refractivity contribution in [2.24, 2.45) is 0 Å². The van der Waals surface area contributed by atoms with Crippen molar-refractivity contribution in [1.82, 2.24) is 4.98 Å². The molecule has 29 heavy (non-hydrogen) atoms. The number of hydrogen-bond donors (Lipinski definition) is 1. The van der Waals surface area contributed by atoms with Crippen molar-refractivity contribution >= 4 is 32.6 Å². The molecule has 4 rings (SSSR count). The van der Waals surface area contributed by atoms with Gasteiger partial charge in [0.15, 0.2) is 16.6 Å². The van der Waals surface area contributed by atoms with Gasteiger partial charge in [0.2, 0.25) is 6.79 Å². The molecule has 1 aromatic heterocycles. The van der Waals surface area contributed by atoms with E-state index in [1.807, 2.05) is 12.1 Å². The second-order valence-electron chi connectivity index (χ2n) is 7.13. The van der Waals surface area contributed by atoms with E-state index in [9.17, 15) is 4.79 Å². The van der Waals surface area contributed by atoms with E-state index in [0.717, 1.165) is 23.2 Å². The number of carbonyl (C=O) groups is 1. The first kappa shape index (κ1) is 19.2. The van der Waals surface area contributed by atoms with Crippen LogP contribution in [-0.4, -0.2) is 44.9 Å². The van der Waals surface area contributed by atoms with Crippen LogP contribution >= 0.6 is 11.3 Å². The number of carbonyl (C=O) groups excluding carboxylic acids is 1. The summed E-state index contributed by atoms with van der Waals surface area (Å²) < 4.78 is 11.8. The molecule has 1 amide bonds. The van der Waals surface area contributed by atoms with Gasteiger partial charge in [0.1, 0.15) is 0 Å². The number of fused-ring (bicyclic) bond motifs is 2. The van der Waals surface area contributed by atoms with Gasteiger partial charge in [-0.2, -0.15) is 5.26 Å². The minimum Gasteiger partial charge on any atom is -0.454 e. The molecular formula is C21H21N4O3S+. The van der Waals surface area contributed by atoms with Crippen LogP contribution in [-0.2, 0) is 0 Å². The highest BCUT2D eigenvalue weighted by atomic mass is 32.1. The molecule has 8 heteroatoms. The summed E-state index contributed by atoms with van der Waals surface area (Å²) in [6, 6.07) is 12.5. The summed E-state index contributed by atoms with van der Waals surface area (Å²) in [5.41, 5.74) is 1.85. The Morgan fingerprint density at radius 2 is 1.97 bits per heavy atom. The van der Waals surface area contributed by atoms with Gasteiger partial charge in [-0.05, 0) is 24.3 Å². The number of amides is 1. The van der Waals surface area contributed by atoms with Gasteiger partial charge in [0.25, 0.3) is 5.91 Å². The van der Waals surface area contributed by atoms with Gasteiger partial charge in [-0.1, -0.05) is 11.3 Å². The molecule has 148 valence electrons. The maximum absolute atomic E-state index is 13.3. The lowest BCUT2D eigenvalue weighted by molar-refractivity contribution is -0.858. The summed E-state index contributed by atoms with van der Waals surface area (Å²) in [5.74, 6) is 1.26. The van der Waals surface area contributed by atoms with Crippen molar-refractivity contribution in [2.75, 3.05) is 38.9 Å². The summed E-state index contributed by atoms with van der Waals surface area (Å²) in [6.07, 6.45) is 0.850. The highest BCUT2D eigenvalue weighted by molar-refractivity contribution is 7.22. The molecule has 0 saturated carbocycles. The minimum atomic E-state index is -0.123. The van der Waals surface area contributed by atoms with E-state index in [4.69, 9.17) is 19.7 Å². The molecule has 0 aliphatic carbocycles. The van der Waals surface area contributed by atoms with E-state index in [-0.39, 0.29) is 12.7 Å². The topological polar surface area (TPSA) is 79.9 Å². The SMILES string of the molecule is C[NH+](C)CCCN(C(=O)c1ccc(C#N)cc1)c1nc2cc3c(cc2s1)OCO3. The van der Waals surface area contributed by atoms with E-state index in [0.29, 0.717) is 34.3 Å². The van der Waals surface area contributed by atoms with Crippen molar-refractivity contribution in [3.05, 3.63) is 47.5 Å². The molecule has 2 heterocycles. The zero-order valence-electron chi connectivity index (χ0n) is 16.3. The van der Waals surface area contributed by atoms with Gasteiger partial charge >= 0.3 is 0 Å². The van der Waals surface area contributed by atoms with E-state index in [1.54, 1.807) is 29.2 Å². The number of nitriles is 1. The summed E-state index contributed by atoms with van der Waals surface area (Å²) in [7, 11) is 4.18. The number of quaternary nitrogens is 1. The van der Waals surface area contributed by atoms with Crippen LogP contribution in [0.4, 0.5) is 5.13 Å². The van der Waals surface area contributed by atoms with Crippen molar-refractivity contribution in [3.8, 4) is 17.6 Å². The Morgan fingerprint density at radius 3 is 2.66 bits per heavy atom. The Labute approximate surface area is 172 Å². The first-order chi connectivity index (χ1) is 14.0. The van der Waals surface area contributed by atoms with Crippen molar-refractivity contribution in [3.63, 3.8) is 0 Å². The third-order valence-corrected chi connectivity index (χ3v) is 5.71. The predicted molar refractivity (Wildman–Crippen MR) is 111 cm³/mol. The van der Waals surface area contributed by atoms with Crippen LogP contribution in [0, 0.1) is 11.3 Å². The van der Waals surface area contributed by atoms with Gasteiger partial charge in [0, 0.05) is 30.7 Å². The maximum Gasteiger partial charge on any atom is 0.260 e. The molecule has 3 aromatic rings. The molecule has 0 spiro atoms. The number of benzene rings is 2. The third kappa shape index (κ3) is 4.01. The molecule has 0 atom stereocenters. The summed E-state index contributed by atoms with van der Waals surface area (Å²) in [4.78, 5) is 21.0. The molecule has 1 aliphatic heterocycles. The molecule has 1 aliphatic rings. The standard InChI is InChI=1S/C21H20N4O3S/c1-24(2)8-3-9-25(20(26)15-6-4-14(12-22)5-7-15)21-23-16-10-17-18(28-13-27-17)11-19(16)29-21/h4-7,10-11H,3,8-9,13H2,1-2H3/p+1. The molecule has 1 N–H and O–H groups in total. The Kier molecular flexibility index (Phi) is 5.34. The van der Waals surface area contributed by atoms with Gasteiger partial charge in [0.05, 0.1) is 42.5 Å². The number of anilines is 1. The quantitative estimate of drug-likeness (QED) is 0.674. The number of nitrogens with zero attached hydrogens (tertiary/aromatic N) is 3. The number of rotatable bonds is 6. The smallest absolute Gasteiger partial charge is 0.260 e. The fourth-order valence-corrected chi connectivity index (χ4v) is 4.14. The molecule has 0 unspecified atom stereocenters. The molecule has 0 fully saturated rings. The van der Waals surface area contributed by atoms with Crippen molar-refractivity contribution in [2.45, 2.75) is 6.42 Å². The normalized spacial score (nSPS) is 12.3. The highest BCUT2D eigenvalue weighted by Crippen LogP contribution is 2.40. The minimum absolute atomic E-state index is 0.123. The lowest BCUT2D eigenvalue weighted by Gasteiger charge is -2.20. The van der Waals surface area contributed by atoms with Crippen LogP contribution in [0.25, 0.3) is 10.2 Å². The number of aromatic nitrogens is 1. The Morgan fingerprint density at radius 1 is 1.24 bits per heavy atom. The average molecular weight is 409 g/mol. The third-order valence-electron chi connectivity index (χ3n) is 4.67. The van der Waals surface area contributed by atoms with Crippen molar-refractivity contribution in [1.29, 1.82) is 5.26 Å². The van der Waals surface area contributed by atoms with E-state index < -0.39 is 0 Å². The average Bonchev–Trinajstić information content (AvgIpc) is 3.34. The van der Waals surface area contributed by atoms with Crippen LogP contribution in [0.2, 0.25) is 0 Å². The fourth-order valence-electron chi connectivity index (χ4n) is 3.14. The first-order valence-electron chi connectivity index (χ1n) is 9.36. The molecule has 0 radical (unpaired) electrons. The highest BCUT2D eigenvalue weighted by Gasteiger charge is 2.23. The predicted octanol–water partition coefficient (Wildman–Crippen LogP) is 2.08. The fraction of sp³-hybridized carbons (Fsp3) is 0.286. The zero-order chi connectivity index (χ0) is 20.4. The monoisotopic (exact) mass is 409 g/mol. The Hall–Kier alpha value is -3.15. The summed E-state index contributed by atoms with van der Waals surface area (Å²) in [5, 5.41) is 9.64. The van der Waals surface area contributed by atoms with Gasteiger partial charge in [-0.3, -0.25) is 9.69 Å². The number of hydrogen-bond acceptors (Lipinski definition) is 6. The lowest BCUT2D eigenvalue weighted by atomic mass is 10.1. The van der Waals surface area contributed by atoms with Crippen LogP contribution in [0.3, 0.4) is 0 Å². The summed E-state index contributed by atoms with van der Waals surface area (Å²) in [6.45, 7) is 1.73. The Bertz CT molecular complexity index is 1040. The number of thiazole rings is 1. The summed E-state index contributed by atoms with van der Waals surface area (Å²) >= 11 is 1.46. The van der Waals surface area contributed by atoms with E-state index in [2.05, 4.69) is 20.2 Å². The molecule has 0 saturated heterocycles. The zero-order valence-corrected chi connectivity index (χ0v) is 17.1. The van der Waals surface area contributed by atoms with E-state index >= 15 is 0 Å². The maximum atomic E-state index is 13.3. The lowest BCUT2D eigenvalue weighted by Crippen LogP contribution is -3.05. The largest absolute Gasteiger partial charge is 0.454 e. The number of nitrogens with one attached hydrogen (secondary N) is 1. The molecule has 2 aromatic carbocycles. The van der Waals surface area contributed by atoms with Crippen LogP contribution in [0.15, 0.2) is 36.4 Å². The van der Waals surface area contributed by atoms with Gasteiger partial charge < -0.3 is 14.4 Å². The van der Waals surface area contributed by atoms with Crippen LogP contribution in [0.5, 0.6) is 11.5 Å². The number of ether oxygens (including phenoxy) is 2. The first-order valence-corrected chi connectivity index (χ1v) is 10.2. The van der Waals surface area contributed by atoms with Crippen LogP contribution < -0.4 is 19.3 Å². The van der Waals surface area contributed by atoms with Gasteiger partial charge in [-0.25, -0.2) is 4.98 Å². The van der Waals surface area contributed by atoms with Crippen molar-refractivity contribution < 1.29 is 19.2 Å². The molecular weight excluding hydrogens is 388 g/mol. The Balaban J connectivity index is 1.66. The second kappa shape index (κ2) is 8.07.